The van der Waals surface area contributed by atoms with Crippen molar-refractivity contribution in [2.45, 2.75) is 45.7 Å². The van der Waals surface area contributed by atoms with Gasteiger partial charge in [-0.25, -0.2) is 0 Å². The van der Waals surface area contributed by atoms with Crippen molar-refractivity contribution in [2.75, 3.05) is 5.75 Å². The van der Waals surface area contributed by atoms with Gasteiger partial charge in [-0.15, -0.1) is 0 Å². The summed E-state index contributed by atoms with van der Waals surface area (Å²) >= 11 is 1.82. The van der Waals surface area contributed by atoms with Crippen molar-refractivity contribution in [3.05, 3.63) is 17.5 Å². The fourth-order valence-corrected chi connectivity index (χ4v) is 3.16. The van der Waals surface area contributed by atoms with E-state index in [0.717, 1.165) is 23.9 Å². The van der Waals surface area contributed by atoms with Crippen molar-refractivity contribution >= 4 is 16.9 Å². The normalized spacial score (nSPS) is 26.3. The van der Waals surface area contributed by atoms with E-state index in [-0.39, 0.29) is 5.54 Å². The largest absolute Gasteiger partial charge is 0.360 e. The molecule has 0 radical (unpaired) electrons. The minimum atomic E-state index is 0.216. The fraction of sp³-hybridized carbons (Fsp3) is 0.692. The molecule has 18 heavy (non-hydrogen) atoms. The average molecular weight is 266 g/mol. The summed E-state index contributed by atoms with van der Waals surface area (Å²) in [6.45, 7) is 7.30. The highest BCUT2D eigenvalue weighted by atomic mass is 32.2. The maximum atomic E-state index is 4.69. The fourth-order valence-electron chi connectivity index (χ4n) is 1.94. The molecule has 1 aromatic rings. The maximum absolute atomic E-state index is 4.69. The Hall–Kier alpha value is -0.970. The SMILES string of the molecule is CCC1(C)CCSC(=NCc2cnn(C)c2C)N1. The van der Waals surface area contributed by atoms with Crippen LogP contribution in [0.25, 0.3) is 0 Å². The summed E-state index contributed by atoms with van der Waals surface area (Å²) in [5.41, 5.74) is 2.61. The Morgan fingerprint density at radius 1 is 1.61 bits per heavy atom. The summed E-state index contributed by atoms with van der Waals surface area (Å²) in [5.74, 6) is 1.15. The van der Waals surface area contributed by atoms with E-state index in [9.17, 15) is 0 Å². The third-order valence-electron chi connectivity index (χ3n) is 3.81. The zero-order valence-corrected chi connectivity index (χ0v) is 12.5. The molecule has 5 heteroatoms. The Balaban J connectivity index is 2.03. The second-order valence-corrected chi connectivity index (χ2v) is 6.22. The standard InChI is InChI=1S/C13H22N4S/c1-5-13(3)6-7-18-12(16-13)14-8-11-9-15-17(4)10(11)2/h9H,5-8H2,1-4H3,(H,14,16). The predicted molar refractivity (Wildman–Crippen MR) is 78.0 cm³/mol. The summed E-state index contributed by atoms with van der Waals surface area (Å²) in [5, 5.41) is 8.88. The van der Waals surface area contributed by atoms with Crippen molar-refractivity contribution in [1.82, 2.24) is 15.1 Å². The molecule has 0 aromatic carbocycles. The Kier molecular flexibility index (Phi) is 4.00. The van der Waals surface area contributed by atoms with Crippen LogP contribution >= 0.6 is 11.8 Å². The quantitative estimate of drug-likeness (QED) is 0.914. The van der Waals surface area contributed by atoms with Crippen LogP contribution in [0.4, 0.5) is 0 Å². The van der Waals surface area contributed by atoms with Crippen LogP contribution in [0.3, 0.4) is 0 Å². The van der Waals surface area contributed by atoms with Crippen LogP contribution in [-0.2, 0) is 13.6 Å². The van der Waals surface area contributed by atoms with Crippen LogP contribution in [-0.4, -0.2) is 26.2 Å². The number of aliphatic imine (C=N–C) groups is 1. The van der Waals surface area contributed by atoms with Gasteiger partial charge in [-0.3, -0.25) is 9.67 Å². The van der Waals surface area contributed by atoms with Crippen LogP contribution in [0.5, 0.6) is 0 Å². The molecule has 0 saturated carbocycles. The van der Waals surface area contributed by atoms with E-state index in [1.54, 1.807) is 0 Å². The molecular weight excluding hydrogens is 244 g/mol. The van der Waals surface area contributed by atoms with Gasteiger partial charge >= 0.3 is 0 Å². The first-order valence-electron chi connectivity index (χ1n) is 6.47. The molecule has 100 valence electrons. The van der Waals surface area contributed by atoms with Gasteiger partial charge in [0.25, 0.3) is 0 Å². The zero-order chi connectivity index (χ0) is 13.2. The first-order chi connectivity index (χ1) is 8.54. The molecule has 0 amide bonds. The van der Waals surface area contributed by atoms with E-state index in [2.05, 4.69) is 36.2 Å². The number of aromatic nitrogens is 2. The number of hydrogen-bond donors (Lipinski definition) is 1. The minimum Gasteiger partial charge on any atom is -0.360 e. The van der Waals surface area contributed by atoms with Gasteiger partial charge in [0, 0.05) is 29.6 Å². The molecule has 2 rings (SSSR count). The Labute approximate surface area is 113 Å². The second kappa shape index (κ2) is 5.34. The maximum Gasteiger partial charge on any atom is 0.157 e. The van der Waals surface area contributed by atoms with Gasteiger partial charge in [-0.05, 0) is 26.7 Å². The van der Waals surface area contributed by atoms with E-state index in [1.807, 2.05) is 29.7 Å². The van der Waals surface area contributed by atoms with E-state index in [4.69, 9.17) is 0 Å². The molecule has 0 bridgehead atoms. The monoisotopic (exact) mass is 266 g/mol. The summed E-state index contributed by atoms with van der Waals surface area (Å²) in [7, 11) is 1.97. The number of amidine groups is 1. The number of nitrogens with one attached hydrogen (secondary N) is 1. The molecule has 1 saturated heterocycles. The zero-order valence-electron chi connectivity index (χ0n) is 11.7. The van der Waals surface area contributed by atoms with Gasteiger partial charge in [0.2, 0.25) is 0 Å². The Morgan fingerprint density at radius 2 is 2.39 bits per heavy atom. The van der Waals surface area contributed by atoms with E-state index in [1.165, 1.54) is 17.7 Å². The lowest BCUT2D eigenvalue weighted by molar-refractivity contribution is 0.390. The topological polar surface area (TPSA) is 42.2 Å². The third kappa shape index (κ3) is 2.88. The third-order valence-corrected chi connectivity index (χ3v) is 4.72. The first-order valence-corrected chi connectivity index (χ1v) is 7.45. The van der Waals surface area contributed by atoms with Crippen molar-refractivity contribution in [2.24, 2.45) is 12.0 Å². The average Bonchev–Trinajstić information content (AvgIpc) is 2.68. The molecular formula is C13H22N4S. The molecule has 1 aliphatic heterocycles. The van der Waals surface area contributed by atoms with Crippen molar-refractivity contribution < 1.29 is 0 Å². The van der Waals surface area contributed by atoms with Crippen molar-refractivity contribution in [1.29, 1.82) is 0 Å². The molecule has 1 aromatic heterocycles. The van der Waals surface area contributed by atoms with Gasteiger partial charge in [0.1, 0.15) is 0 Å². The number of thioether (sulfide) groups is 1. The van der Waals surface area contributed by atoms with Gasteiger partial charge in [0.05, 0.1) is 12.7 Å². The van der Waals surface area contributed by atoms with Crippen LogP contribution in [0.2, 0.25) is 0 Å². The lowest BCUT2D eigenvalue weighted by atomic mass is 9.96. The predicted octanol–water partition coefficient (Wildman–Crippen LogP) is 2.48. The Morgan fingerprint density at radius 3 is 3.00 bits per heavy atom. The summed E-state index contributed by atoms with van der Waals surface area (Å²) < 4.78 is 1.90. The van der Waals surface area contributed by atoms with Gasteiger partial charge in [-0.1, -0.05) is 18.7 Å². The van der Waals surface area contributed by atoms with Crippen molar-refractivity contribution in [3.8, 4) is 0 Å². The molecule has 2 heterocycles. The summed E-state index contributed by atoms with van der Waals surface area (Å²) in [4.78, 5) is 4.69. The molecule has 1 atom stereocenters. The highest BCUT2D eigenvalue weighted by Crippen LogP contribution is 2.25. The van der Waals surface area contributed by atoms with E-state index in [0.29, 0.717) is 0 Å². The lowest BCUT2D eigenvalue weighted by Gasteiger charge is -2.35. The molecule has 0 aliphatic carbocycles. The second-order valence-electron chi connectivity index (χ2n) is 5.14. The van der Waals surface area contributed by atoms with Crippen LogP contribution in [0.1, 0.15) is 37.9 Å². The molecule has 0 spiro atoms. The molecule has 1 aliphatic rings. The lowest BCUT2D eigenvalue weighted by Crippen LogP contribution is -2.48. The van der Waals surface area contributed by atoms with Gasteiger partial charge in [-0.2, -0.15) is 5.10 Å². The molecule has 4 nitrogen and oxygen atoms in total. The smallest absolute Gasteiger partial charge is 0.157 e. The number of hydrogen-bond acceptors (Lipinski definition) is 3. The Bertz CT molecular complexity index is 452. The number of aryl methyl sites for hydroxylation is 1. The van der Waals surface area contributed by atoms with Crippen LogP contribution in [0.15, 0.2) is 11.2 Å². The first kappa shape index (κ1) is 13.5. The highest BCUT2D eigenvalue weighted by Gasteiger charge is 2.27. The molecule has 1 fully saturated rings. The van der Waals surface area contributed by atoms with Crippen LogP contribution in [0, 0.1) is 6.92 Å². The highest BCUT2D eigenvalue weighted by molar-refractivity contribution is 8.13. The number of rotatable bonds is 3. The van der Waals surface area contributed by atoms with Crippen molar-refractivity contribution in [3.63, 3.8) is 0 Å². The minimum absolute atomic E-state index is 0.216. The van der Waals surface area contributed by atoms with Gasteiger partial charge < -0.3 is 5.32 Å². The summed E-state index contributed by atoms with van der Waals surface area (Å²) in [6.07, 6.45) is 4.25. The molecule has 1 unspecified atom stereocenters. The van der Waals surface area contributed by atoms with E-state index >= 15 is 0 Å². The summed E-state index contributed by atoms with van der Waals surface area (Å²) in [6, 6.07) is 0. The van der Waals surface area contributed by atoms with Gasteiger partial charge in [0.15, 0.2) is 5.17 Å². The number of nitrogens with zero attached hydrogens (tertiary/aromatic N) is 3. The van der Waals surface area contributed by atoms with E-state index < -0.39 is 0 Å². The van der Waals surface area contributed by atoms with Crippen LogP contribution < -0.4 is 5.32 Å². The molecule has 1 N–H and O–H groups in total.